The van der Waals surface area contributed by atoms with Gasteiger partial charge in [-0.1, -0.05) is 80.6 Å². The van der Waals surface area contributed by atoms with Crippen LogP contribution in [-0.4, -0.2) is 124 Å². The van der Waals surface area contributed by atoms with Gasteiger partial charge in [0, 0.05) is 62.9 Å². The number of rotatable bonds is 13. The van der Waals surface area contributed by atoms with Crippen LogP contribution in [0.2, 0.25) is 0 Å². The van der Waals surface area contributed by atoms with Gasteiger partial charge in [0.25, 0.3) is 0 Å². The molecule has 2 aromatic carbocycles. The van der Waals surface area contributed by atoms with E-state index in [4.69, 9.17) is 11.5 Å². The summed E-state index contributed by atoms with van der Waals surface area (Å²) in [6.45, 7) is 0.614. The zero-order valence-electron chi connectivity index (χ0n) is 36.1. The Bertz CT molecular complexity index is 2170. The lowest BCUT2D eigenvalue weighted by atomic mass is 9.84. The molecule has 0 radical (unpaired) electrons. The van der Waals surface area contributed by atoms with Gasteiger partial charge >= 0.3 is 0 Å². The van der Waals surface area contributed by atoms with E-state index in [1.807, 2.05) is 24.3 Å². The number of carbonyl (C=O) groups is 7. The van der Waals surface area contributed by atoms with Crippen LogP contribution in [-0.2, 0) is 46.4 Å². The summed E-state index contributed by atoms with van der Waals surface area (Å²) in [7, 11) is 0. The molecule has 19 nitrogen and oxygen atoms in total. The van der Waals surface area contributed by atoms with Crippen molar-refractivity contribution in [3.8, 4) is 0 Å². The number of carbonyl (C=O) groups excluding carboxylic acids is 7. The molecular formula is C45H61N11O8. The number of aliphatic imine (C=N–C) groups is 1. The summed E-state index contributed by atoms with van der Waals surface area (Å²) in [6.07, 6.45) is 5.78. The van der Waals surface area contributed by atoms with Gasteiger partial charge in [0.2, 0.25) is 41.4 Å². The molecule has 3 fully saturated rings. The van der Waals surface area contributed by atoms with Gasteiger partial charge in [0.1, 0.15) is 36.3 Å². The topological polar surface area (TPSA) is 295 Å². The van der Waals surface area contributed by atoms with Crippen LogP contribution in [0.3, 0.4) is 0 Å². The number of benzene rings is 2. The standard InChI is InChI=1S/C45H61N11O8/c1-26(57)51-34(19-27-11-4-2-5-12-27)40(60)55-37-24-50-39(59)33(17-10-18-48-45(46)47)52-42(62)36(21-29-23-49-32-16-9-8-15-31(29)32)53-41(61)35(20-28-13-6-3-7-14-28)54-43(63)38-22-30(58)25-56(38)44(37)64/h2,4-5,8-9,11-12,15-16,23,28,30,33-38,49,58H,3,6-7,10,13-14,17-22,24-25H2,1H3,(H,50,59)(H,51,57)(H,52,62)(H,53,61)(H,54,63)(H,55,60)(H4,46,47,48)/t30-,33+,34+,35-,36+,37?,38?/m1/s1. The van der Waals surface area contributed by atoms with Crippen molar-refractivity contribution in [2.45, 2.75) is 120 Å². The highest BCUT2D eigenvalue weighted by Crippen LogP contribution is 2.28. The van der Waals surface area contributed by atoms with Gasteiger partial charge in [-0.15, -0.1) is 0 Å². The fourth-order valence-corrected chi connectivity index (χ4v) is 8.91. The van der Waals surface area contributed by atoms with Crippen LogP contribution in [0.1, 0.15) is 75.8 Å². The molecule has 12 N–H and O–H groups in total. The van der Waals surface area contributed by atoms with Gasteiger partial charge in [-0.05, 0) is 42.4 Å². The lowest BCUT2D eigenvalue weighted by Gasteiger charge is -2.32. The maximum absolute atomic E-state index is 14.6. The number of aromatic amines is 1. The van der Waals surface area contributed by atoms with Crippen molar-refractivity contribution < 1.29 is 38.7 Å². The number of aliphatic hydroxyl groups excluding tert-OH is 1. The minimum Gasteiger partial charge on any atom is -0.391 e. The first-order valence-electron chi connectivity index (χ1n) is 22.1. The first-order valence-corrected chi connectivity index (χ1v) is 22.1. The zero-order valence-corrected chi connectivity index (χ0v) is 36.1. The molecule has 3 heterocycles. The summed E-state index contributed by atoms with van der Waals surface area (Å²) in [5.74, 6) is -4.81. The van der Waals surface area contributed by atoms with E-state index in [2.05, 4.69) is 41.9 Å². The Morgan fingerprint density at radius 1 is 0.875 bits per heavy atom. The molecule has 1 aliphatic carbocycles. The fourth-order valence-electron chi connectivity index (χ4n) is 8.91. The Kier molecular flexibility index (Phi) is 16.3. The van der Waals surface area contributed by atoms with Crippen molar-refractivity contribution in [2.75, 3.05) is 19.6 Å². The third kappa shape index (κ3) is 12.8. The lowest BCUT2D eigenvalue weighted by molar-refractivity contribution is -0.143. The number of fused-ring (bicyclic) bond motifs is 2. The number of guanidine groups is 1. The van der Waals surface area contributed by atoms with E-state index in [-0.39, 0.29) is 63.5 Å². The van der Waals surface area contributed by atoms with Crippen molar-refractivity contribution in [3.05, 3.63) is 71.9 Å². The Morgan fingerprint density at radius 3 is 2.30 bits per heavy atom. The second-order valence-electron chi connectivity index (χ2n) is 17.1. The monoisotopic (exact) mass is 883 g/mol. The first-order chi connectivity index (χ1) is 30.7. The average Bonchev–Trinajstić information content (AvgIpc) is 3.88. The van der Waals surface area contributed by atoms with Gasteiger partial charge in [0.15, 0.2) is 5.96 Å². The third-order valence-corrected chi connectivity index (χ3v) is 12.2. The summed E-state index contributed by atoms with van der Waals surface area (Å²) in [5, 5.41) is 28.4. The molecule has 7 amide bonds. The maximum atomic E-state index is 14.6. The van der Waals surface area contributed by atoms with E-state index in [1.165, 1.54) is 6.92 Å². The van der Waals surface area contributed by atoms with Crippen molar-refractivity contribution in [2.24, 2.45) is 22.4 Å². The van der Waals surface area contributed by atoms with Crippen molar-refractivity contribution >= 4 is 58.2 Å². The Labute approximate surface area is 371 Å². The van der Waals surface area contributed by atoms with E-state index in [9.17, 15) is 38.7 Å². The van der Waals surface area contributed by atoms with Crippen molar-refractivity contribution in [1.29, 1.82) is 0 Å². The first kappa shape index (κ1) is 47.0. The molecule has 3 aromatic rings. The number of H-pyrrole nitrogens is 1. The number of hydrogen-bond donors (Lipinski definition) is 10. The molecule has 64 heavy (non-hydrogen) atoms. The Balaban J connectivity index is 1.36. The number of amides is 7. The van der Waals surface area contributed by atoms with Crippen LogP contribution in [0.4, 0.5) is 0 Å². The smallest absolute Gasteiger partial charge is 0.247 e. The van der Waals surface area contributed by atoms with E-state index in [1.54, 1.807) is 36.5 Å². The van der Waals surface area contributed by atoms with Crippen LogP contribution in [0.5, 0.6) is 0 Å². The highest BCUT2D eigenvalue weighted by Gasteiger charge is 2.44. The third-order valence-electron chi connectivity index (χ3n) is 12.2. The number of nitrogens with zero attached hydrogens (tertiary/aromatic N) is 2. The molecule has 1 aromatic heterocycles. The predicted molar refractivity (Wildman–Crippen MR) is 238 cm³/mol. The summed E-state index contributed by atoms with van der Waals surface area (Å²) in [6, 6.07) is 8.96. The molecule has 2 saturated heterocycles. The lowest BCUT2D eigenvalue weighted by Crippen LogP contribution is -2.62. The molecule has 2 unspecified atom stereocenters. The molecule has 3 aliphatic rings. The highest BCUT2D eigenvalue weighted by atomic mass is 16.3. The molecule has 2 aliphatic heterocycles. The van der Waals surface area contributed by atoms with E-state index in [0.29, 0.717) is 0 Å². The largest absolute Gasteiger partial charge is 0.391 e. The van der Waals surface area contributed by atoms with Crippen molar-refractivity contribution in [3.63, 3.8) is 0 Å². The van der Waals surface area contributed by atoms with Crippen molar-refractivity contribution in [1.82, 2.24) is 41.8 Å². The number of aromatic nitrogens is 1. The molecular weight excluding hydrogens is 823 g/mol. The number of para-hydroxylation sites is 1. The number of nitrogens with two attached hydrogens (primary N) is 2. The van der Waals surface area contributed by atoms with Crippen LogP contribution >= 0.6 is 0 Å². The second-order valence-corrected chi connectivity index (χ2v) is 17.1. The van der Waals surface area contributed by atoms with Gasteiger partial charge in [-0.2, -0.15) is 0 Å². The maximum Gasteiger partial charge on any atom is 0.247 e. The van der Waals surface area contributed by atoms with E-state index < -0.39 is 90.3 Å². The second kappa shape index (κ2) is 22.2. The van der Waals surface area contributed by atoms with Crippen LogP contribution in [0.25, 0.3) is 10.9 Å². The fraction of sp³-hybridized carbons (Fsp3) is 0.511. The minimum absolute atomic E-state index is 0.0255. The summed E-state index contributed by atoms with van der Waals surface area (Å²) in [4.78, 5) is 107. The Hall–Kier alpha value is -6.50. The summed E-state index contributed by atoms with van der Waals surface area (Å²) >= 11 is 0. The number of hydrogen-bond acceptors (Lipinski definition) is 9. The molecule has 0 bridgehead atoms. The van der Waals surface area contributed by atoms with Gasteiger partial charge in [-0.25, -0.2) is 0 Å². The SMILES string of the molecule is CC(=O)N[C@@H](Cc1ccccc1)C(=O)NC1CNC(=O)[C@H](CCCN=C(N)N)NC(=O)[C@H](Cc2c[nH]c3ccccc23)NC(=O)[C@@H](CC2CCCCC2)NC(=O)C2C[C@@H](O)CN2C1=O. The van der Waals surface area contributed by atoms with Gasteiger partial charge < -0.3 is 58.4 Å². The predicted octanol–water partition coefficient (Wildman–Crippen LogP) is -0.487. The van der Waals surface area contributed by atoms with Crippen LogP contribution in [0.15, 0.2) is 65.8 Å². The molecule has 7 atom stereocenters. The zero-order chi connectivity index (χ0) is 45.8. The van der Waals surface area contributed by atoms with E-state index >= 15 is 0 Å². The average molecular weight is 884 g/mol. The normalized spacial score (nSPS) is 24.4. The van der Waals surface area contributed by atoms with E-state index in [0.717, 1.165) is 59.0 Å². The molecule has 0 spiro atoms. The molecule has 6 rings (SSSR count). The minimum atomic E-state index is -1.51. The summed E-state index contributed by atoms with van der Waals surface area (Å²) in [5.41, 5.74) is 13.4. The summed E-state index contributed by atoms with van der Waals surface area (Å²) < 4.78 is 0. The van der Waals surface area contributed by atoms with Crippen LogP contribution in [0, 0.1) is 5.92 Å². The quantitative estimate of drug-likeness (QED) is 0.0597. The van der Waals surface area contributed by atoms with Crippen LogP contribution < -0.4 is 43.4 Å². The molecule has 1 saturated carbocycles. The van der Waals surface area contributed by atoms with Gasteiger partial charge in [-0.3, -0.25) is 38.6 Å². The highest BCUT2D eigenvalue weighted by molar-refractivity contribution is 5.98. The number of nitrogens with one attached hydrogen (secondary N) is 7. The molecule has 19 heteroatoms. The number of aliphatic hydroxyl groups is 1. The Morgan fingerprint density at radius 2 is 1.56 bits per heavy atom. The van der Waals surface area contributed by atoms with Gasteiger partial charge in [0.05, 0.1) is 6.10 Å². The molecule has 344 valence electrons.